The van der Waals surface area contributed by atoms with Crippen molar-refractivity contribution in [2.75, 3.05) is 19.8 Å². The molecule has 0 radical (unpaired) electrons. The highest BCUT2D eigenvalue weighted by molar-refractivity contribution is 5.43. The molecule has 0 aliphatic heterocycles. The number of nitrogens with one attached hydrogen (secondary N) is 1. The van der Waals surface area contributed by atoms with Crippen LogP contribution in [-0.4, -0.2) is 36.1 Å². The first-order valence-corrected chi connectivity index (χ1v) is 6.31. The normalized spacial score (nSPS) is 12.5. The summed E-state index contributed by atoms with van der Waals surface area (Å²) in [7, 11) is 0. The second kappa shape index (κ2) is 7.36. The zero-order valence-corrected chi connectivity index (χ0v) is 11.4. The molecule has 4 heteroatoms. The van der Waals surface area contributed by atoms with Crippen LogP contribution in [0.1, 0.15) is 23.6 Å². The van der Waals surface area contributed by atoms with Crippen molar-refractivity contribution in [3.63, 3.8) is 0 Å². The summed E-state index contributed by atoms with van der Waals surface area (Å²) in [6.07, 6.45) is -0.828. The first-order valence-electron chi connectivity index (χ1n) is 6.31. The van der Waals surface area contributed by atoms with Crippen LogP contribution in [-0.2, 0) is 6.54 Å². The molecule has 0 aliphatic carbocycles. The summed E-state index contributed by atoms with van der Waals surface area (Å²) >= 11 is 0. The highest BCUT2D eigenvalue weighted by atomic mass is 16.5. The van der Waals surface area contributed by atoms with Crippen molar-refractivity contribution < 1.29 is 14.9 Å². The van der Waals surface area contributed by atoms with Crippen molar-refractivity contribution >= 4 is 0 Å². The average molecular weight is 253 g/mol. The summed E-state index contributed by atoms with van der Waals surface area (Å²) in [5.74, 6) is 0.794. The molecule has 3 N–H and O–H groups in total. The molecular formula is C14H23NO3. The Labute approximate surface area is 109 Å². The monoisotopic (exact) mass is 253 g/mol. The molecule has 0 saturated heterocycles. The standard InChI is InChI=1S/C14H23NO3/c1-4-15-7-12-5-10(2)14(11(3)6-12)18-9-13(17)8-16/h5-6,13,15-17H,4,7-9H2,1-3H3. The van der Waals surface area contributed by atoms with E-state index in [0.29, 0.717) is 0 Å². The van der Waals surface area contributed by atoms with E-state index in [-0.39, 0.29) is 13.2 Å². The molecule has 1 aromatic rings. The molecule has 102 valence electrons. The molecule has 1 unspecified atom stereocenters. The summed E-state index contributed by atoms with van der Waals surface area (Å²) in [6.45, 7) is 7.68. The lowest BCUT2D eigenvalue weighted by Crippen LogP contribution is -2.22. The van der Waals surface area contributed by atoms with Gasteiger partial charge in [0, 0.05) is 6.54 Å². The fourth-order valence-corrected chi connectivity index (χ4v) is 1.87. The number of aliphatic hydroxyl groups excluding tert-OH is 2. The maximum atomic E-state index is 9.29. The van der Waals surface area contributed by atoms with Gasteiger partial charge in [0.15, 0.2) is 0 Å². The number of rotatable bonds is 7. The van der Waals surface area contributed by atoms with Crippen LogP contribution < -0.4 is 10.1 Å². The largest absolute Gasteiger partial charge is 0.490 e. The molecule has 1 atom stereocenters. The molecule has 18 heavy (non-hydrogen) atoms. The fourth-order valence-electron chi connectivity index (χ4n) is 1.87. The molecule has 0 saturated carbocycles. The highest BCUT2D eigenvalue weighted by Gasteiger charge is 2.09. The van der Waals surface area contributed by atoms with Gasteiger partial charge in [0.1, 0.15) is 18.5 Å². The molecule has 0 fully saturated rings. The van der Waals surface area contributed by atoms with Gasteiger partial charge in [-0.25, -0.2) is 0 Å². The Bertz CT molecular complexity index is 356. The summed E-state index contributed by atoms with van der Waals surface area (Å²) in [4.78, 5) is 0. The zero-order chi connectivity index (χ0) is 13.5. The molecular weight excluding hydrogens is 230 g/mol. The first-order chi connectivity index (χ1) is 8.58. The van der Waals surface area contributed by atoms with Gasteiger partial charge in [-0.05, 0) is 37.1 Å². The van der Waals surface area contributed by atoms with Gasteiger partial charge < -0.3 is 20.3 Å². The maximum absolute atomic E-state index is 9.29. The lowest BCUT2D eigenvalue weighted by atomic mass is 10.1. The molecule has 0 spiro atoms. The molecule has 0 bridgehead atoms. The van der Waals surface area contributed by atoms with E-state index in [9.17, 15) is 5.11 Å². The quantitative estimate of drug-likeness (QED) is 0.682. The number of aryl methyl sites for hydroxylation is 2. The second-order valence-corrected chi connectivity index (χ2v) is 4.49. The van der Waals surface area contributed by atoms with E-state index in [1.54, 1.807) is 0 Å². The van der Waals surface area contributed by atoms with Crippen molar-refractivity contribution in [3.8, 4) is 5.75 Å². The van der Waals surface area contributed by atoms with Crippen molar-refractivity contribution in [2.24, 2.45) is 0 Å². The smallest absolute Gasteiger partial charge is 0.125 e. The third-order valence-corrected chi connectivity index (χ3v) is 2.73. The van der Waals surface area contributed by atoms with E-state index in [4.69, 9.17) is 9.84 Å². The van der Waals surface area contributed by atoms with E-state index in [0.717, 1.165) is 30.0 Å². The van der Waals surface area contributed by atoms with Gasteiger partial charge in [-0.2, -0.15) is 0 Å². The number of ether oxygens (including phenoxy) is 1. The minimum absolute atomic E-state index is 0.116. The van der Waals surface area contributed by atoms with E-state index in [2.05, 4.69) is 24.4 Å². The average Bonchev–Trinajstić information content (AvgIpc) is 2.34. The lowest BCUT2D eigenvalue weighted by Gasteiger charge is -2.16. The Balaban J connectivity index is 2.74. The Hall–Kier alpha value is -1.10. The van der Waals surface area contributed by atoms with E-state index >= 15 is 0 Å². The fraction of sp³-hybridized carbons (Fsp3) is 0.571. The zero-order valence-electron chi connectivity index (χ0n) is 11.4. The van der Waals surface area contributed by atoms with Gasteiger partial charge >= 0.3 is 0 Å². The lowest BCUT2D eigenvalue weighted by molar-refractivity contribution is 0.0531. The number of aliphatic hydroxyl groups is 2. The number of benzene rings is 1. The number of hydrogen-bond acceptors (Lipinski definition) is 4. The molecule has 4 nitrogen and oxygen atoms in total. The number of hydrogen-bond donors (Lipinski definition) is 3. The highest BCUT2D eigenvalue weighted by Crippen LogP contribution is 2.25. The molecule has 0 amide bonds. The van der Waals surface area contributed by atoms with Gasteiger partial charge in [-0.3, -0.25) is 0 Å². The summed E-state index contributed by atoms with van der Waals surface area (Å²) in [5, 5.41) is 21.3. The molecule has 1 aromatic carbocycles. The van der Waals surface area contributed by atoms with Crippen LogP contribution in [0.4, 0.5) is 0 Å². The van der Waals surface area contributed by atoms with Gasteiger partial charge in [0.05, 0.1) is 6.61 Å². The summed E-state index contributed by atoms with van der Waals surface area (Å²) in [6, 6.07) is 4.16. The van der Waals surface area contributed by atoms with Crippen LogP contribution in [0.2, 0.25) is 0 Å². The Morgan fingerprint density at radius 1 is 1.28 bits per heavy atom. The SMILES string of the molecule is CCNCc1cc(C)c(OCC(O)CO)c(C)c1. The molecule has 0 aromatic heterocycles. The van der Waals surface area contributed by atoms with Crippen molar-refractivity contribution in [1.82, 2.24) is 5.32 Å². The van der Waals surface area contributed by atoms with Crippen LogP contribution in [0.15, 0.2) is 12.1 Å². The predicted molar refractivity (Wildman–Crippen MR) is 71.9 cm³/mol. The molecule has 1 rings (SSSR count). The van der Waals surface area contributed by atoms with Crippen molar-refractivity contribution in [3.05, 3.63) is 28.8 Å². The van der Waals surface area contributed by atoms with Crippen molar-refractivity contribution in [1.29, 1.82) is 0 Å². The third-order valence-electron chi connectivity index (χ3n) is 2.73. The molecule has 0 heterocycles. The van der Waals surface area contributed by atoms with Crippen LogP contribution in [0.3, 0.4) is 0 Å². The topological polar surface area (TPSA) is 61.7 Å². The third kappa shape index (κ3) is 4.29. The Morgan fingerprint density at radius 2 is 1.89 bits per heavy atom. The predicted octanol–water partition coefficient (Wildman–Crippen LogP) is 1.14. The van der Waals surface area contributed by atoms with Crippen molar-refractivity contribution in [2.45, 2.75) is 33.4 Å². The van der Waals surface area contributed by atoms with Crippen LogP contribution in [0, 0.1) is 13.8 Å². The minimum atomic E-state index is -0.828. The summed E-state index contributed by atoms with van der Waals surface area (Å²) < 4.78 is 5.55. The van der Waals surface area contributed by atoms with Gasteiger partial charge in [-0.15, -0.1) is 0 Å². The van der Waals surface area contributed by atoms with E-state index < -0.39 is 6.10 Å². The van der Waals surface area contributed by atoms with Crippen LogP contribution in [0.5, 0.6) is 5.75 Å². The van der Waals surface area contributed by atoms with E-state index in [1.165, 1.54) is 5.56 Å². The second-order valence-electron chi connectivity index (χ2n) is 4.49. The van der Waals surface area contributed by atoms with Crippen LogP contribution >= 0.6 is 0 Å². The Kier molecular flexibility index (Phi) is 6.12. The van der Waals surface area contributed by atoms with Gasteiger partial charge in [0.2, 0.25) is 0 Å². The van der Waals surface area contributed by atoms with Gasteiger partial charge in [-0.1, -0.05) is 19.1 Å². The van der Waals surface area contributed by atoms with Gasteiger partial charge in [0.25, 0.3) is 0 Å². The summed E-state index contributed by atoms with van der Waals surface area (Å²) in [5.41, 5.74) is 3.32. The molecule has 0 aliphatic rings. The van der Waals surface area contributed by atoms with Crippen LogP contribution in [0.25, 0.3) is 0 Å². The van der Waals surface area contributed by atoms with E-state index in [1.807, 2.05) is 13.8 Å². The maximum Gasteiger partial charge on any atom is 0.125 e. The first kappa shape index (κ1) is 15.0. The minimum Gasteiger partial charge on any atom is -0.490 e. The Morgan fingerprint density at radius 3 is 2.39 bits per heavy atom.